The number of carbonyl (C=O) groups excluding carboxylic acids is 1. The summed E-state index contributed by atoms with van der Waals surface area (Å²) in [6.07, 6.45) is 2.26. The van der Waals surface area contributed by atoms with Gasteiger partial charge in [0.15, 0.2) is 5.78 Å². The third-order valence-corrected chi connectivity index (χ3v) is 2.21. The zero-order valence-electron chi connectivity index (χ0n) is 7.04. The van der Waals surface area contributed by atoms with E-state index in [1.54, 1.807) is 11.7 Å². The van der Waals surface area contributed by atoms with Gasteiger partial charge in [0, 0.05) is 17.5 Å². The van der Waals surface area contributed by atoms with Crippen molar-refractivity contribution >= 4 is 17.1 Å². The standard InChI is InChI=1S/C8H12N2OS/c1-2-9-4-7(11)3-8-5-10-6-12-8/h5-6,9H,2-4H2,1H3. The van der Waals surface area contributed by atoms with Gasteiger partial charge in [-0.1, -0.05) is 6.92 Å². The van der Waals surface area contributed by atoms with Gasteiger partial charge in [-0.15, -0.1) is 11.3 Å². The van der Waals surface area contributed by atoms with Crippen molar-refractivity contribution < 1.29 is 4.79 Å². The highest BCUT2D eigenvalue weighted by atomic mass is 32.1. The fourth-order valence-electron chi connectivity index (χ4n) is 0.851. The van der Waals surface area contributed by atoms with Crippen LogP contribution < -0.4 is 5.32 Å². The molecule has 0 aliphatic rings. The van der Waals surface area contributed by atoms with Gasteiger partial charge in [-0.05, 0) is 6.54 Å². The number of Topliss-reactive ketones (excluding diaryl/α,β-unsaturated/α-hetero) is 1. The molecule has 0 aliphatic carbocycles. The summed E-state index contributed by atoms with van der Waals surface area (Å²) in [6.45, 7) is 3.29. The average molecular weight is 184 g/mol. The molecule has 0 saturated heterocycles. The predicted molar refractivity (Wildman–Crippen MR) is 49.4 cm³/mol. The van der Waals surface area contributed by atoms with Crippen molar-refractivity contribution in [3.05, 3.63) is 16.6 Å². The number of likely N-dealkylation sites (N-methyl/N-ethyl adjacent to an activating group) is 1. The van der Waals surface area contributed by atoms with Crippen LogP contribution >= 0.6 is 11.3 Å². The quantitative estimate of drug-likeness (QED) is 0.738. The van der Waals surface area contributed by atoms with Gasteiger partial charge in [0.25, 0.3) is 0 Å². The maximum Gasteiger partial charge on any atom is 0.151 e. The number of thiazole rings is 1. The summed E-state index contributed by atoms with van der Waals surface area (Å²) < 4.78 is 0. The molecule has 0 bridgehead atoms. The maximum absolute atomic E-state index is 11.2. The number of hydrogen-bond donors (Lipinski definition) is 1. The molecule has 0 fully saturated rings. The Hall–Kier alpha value is -0.740. The fourth-order valence-corrected chi connectivity index (χ4v) is 1.47. The van der Waals surface area contributed by atoms with Gasteiger partial charge in [-0.2, -0.15) is 0 Å². The number of nitrogens with zero attached hydrogens (tertiary/aromatic N) is 1. The van der Waals surface area contributed by atoms with E-state index in [2.05, 4.69) is 10.3 Å². The summed E-state index contributed by atoms with van der Waals surface area (Å²) in [5.74, 6) is 0.223. The van der Waals surface area contributed by atoms with E-state index in [1.807, 2.05) is 6.92 Å². The first kappa shape index (κ1) is 9.35. The lowest BCUT2D eigenvalue weighted by atomic mass is 10.2. The van der Waals surface area contributed by atoms with Crippen LogP contribution in [-0.4, -0.2) is 23.9 Å². The second-order valence-electron chi connectivity index (χ2n) is 2.46. The van der Waals surface area contributed by atoms with E-state index in [4.69, 9.17) is 0 Å². The molecule has 0 spiro atoms. The van der Waals surface area contributed by atoms with Gasteiger partial charge in [-0.3, -0.25) is 9.78 Å². The van der Waals surface area contributed by atoms with Gasteiger partial charge in [0.2, 0.25) is 0 Å². The first-order valence-corrected chi connectivity index (χ1v) is 4.80. The largest absolute Gasteiger partial charge is 0.310 e. The van der Waals surface area contributed by atoms with Crippen molar-refractivity contribution in [2.75, 3.05) is 13.1 Å². The number of rotatable bonds is 5. The summed E-state index contributed by atoms with van der Waals surface area (Å²) in [5.41, 5.74) is 1.75. The van der Waals surface area contributed by atoms with Crippen LogP contribution in [0, 0.1) is 0 Å². The molecule has 1 aromatic rings. The van der Waals surface area contributed by atoms with E-state index in [9.17, 15) is 4.79 Å². The first-order valence-electron chi connectivity index (χ1n) is 3.92. The molecule has 0 saturated carbocycles. The summed E-state index contributed by atoms with van der Waals surface area (Å²) in [6, 6.07) is 0. The van der Waals surface area contributed by atoms with E-state index in [1.165, 1.54) is 11.3 Å². The number of nitrogens with one attached hydrogen (secondary N) is 1. The maximum atomic E-state index is 11.2. The Kier molecular flexibility index (Phi) is 3.90. The highest BCUT2D eigenvalue weighted by Crippen LogP contribution is 2.05. The molecule has 0 aromatic carbocycles. The molecule has 0 unspecified atom stereocenters. The smallest absolute Gasteiger partial charge is 0.151 e. The summed E-state index contributed by atoms with van der Waals surface area (Å²) in [7, 11) is 0. The van der Waals surface area contributed by atoms with Gasteiger partial charge < -0.3 is 5.32 Å². The number of hydrogen-bond acceptors (Lipinski definition) is 4. The second-order valence-corrected chi connectivity index (χ2v) is 3.43. The molecule has 12 heavy (non-hydrogen) atoms. The molecule has 4 heteroatoms. The Balaban J connectivity index is 2.27. The molecular formula is C8H12N2OS. The minimum absolute atomic E-state index is 0.223. The lowest BCUT2D eigenvalue weighted by molar-refractivity contribution is -0.117. The van der Waals surface area contributed by atoms with E-state index < -0.39 is 0 Å². The Labute approximate surface area is 75.8 Å². The summed E-state index contributed by atoms with van der Waals surface area (Å²) >= 11 is 1.52. The normalized spacial score (nSPS) is 10.1. The Morgan fingerprint density at radius 3 is 3.17 bits per heavy atom. The SMILES string of the molecule is CCNCC(=O)Cc1cncs1. The molecule has 66 valence electrons. The minimum Gasteiger partial charge on any atom is -0.310 e. The lowest BCUT2D eigenvalue weighted by Gasteiger charge is -1.97. The molecule has 1 rings (SSSR count). The second kappa shape index (κ2) is 5.00. The van der Waals surface area contributed by atoms with Crippen LogP contribution in [-0.2, 0) is 11.2 Å². The van der Waals surface area contributed by atoms with Gasteiger partial charge >= 0.3 is 0 Å². The molecule has 3 nitrogen and oxygen atoms in total. The Bertz CT molecular complexity index is 233. The number of carbonyl (C=O) groups is 1. The van der Waals surface area contributed by atoms with Crippen molar-refractivity contribution in [2.24, 2.45) is 0 Å². The zero-order valence-corrected chi connectivity index (χ0v) is 7.86. The van der Waals surface area contributed by atoms with Crippen LogP contribution in [0.5, 0.6) is 0 Å². The molecule has 1 heterocycles. The minimum atomic E-state index is 0.223. The fraction of sp³-hybridized carbons (Fsp3) is 0.500. The molecule has 1 N–H and O–H groups in total. The van der Waals surface area contributed by atoms with E-state index in [0.29, 0.717) is 13.0 Å². The van der Waals surface area contributed by atoms with Crippen molar-refractivity contribution in [3.8, 4) is 0 Å². The van der Waals surface area contributed by atoms with E-state index in [0.717, 1.165) is 11.4 Å². The van der Waals surface area contributed by atoms with Crippen LogP contribution in [0.4, 0.5) is 0 Å². The van der Waals surface area contributed by atoms with E-state index in [-0.39, 0.29) is 5.78 Å². The monoisotopic (exact) mass is 184 g/mol. The van der Waals surface area contributed by atoms with Crippen molar-refractivity contribution in [1.29, 1.82) is 0 Å². The van der Waals surface area contributed by atoms with Gasteiger partial charge in [-0.25, -0.2) is 0 Å². The van der Waals surface area contributed by atoms with Crippen LogP contribution in [0.2, 0.25) is 0 Å². The zero-order chi connectivity index (χ0) is 8.81. The van der Waals surface area contributed by atoms with Crippen molar-refractivity contribution in [1.82, 2.24) is 10.3 Å². The van der Waals surface area contributed by atoms with Crippen LogP contribution in [0.15, 0.2) is 11.7 Å². The van der Waals surface area contributed by atoms with Crippen LogP contribution in [0.25, 0.3) is 0 Å². The topological polar surface area (TPSA) is 42.0 Å². The molecule has 0 atom stereocenters. The third-order valence-electron chi connectivity index (χ3n) is 1.43. The Morgan fingerprint density at radius 1 is 1.75 bits per heavy atom. The predicted octanol–water partition coefficient (Wildman–Crippen LogP) is 0.864. The van der Waals surface area contributed by atoms with Gasteiger partial charge in [0.05, 0.1) is 12.1 Å². The Morgan fingerprint density at radius 2 is 2.58 bits per heavy atom. The van der Waals surface area contributed by atoms with Crippen molar-refractivity contribution in [3.63, 3.8) is 0 Å². The van der Waals surface area contributed by atoms with E-state index >= 15 is 0 Å². The van der Waals surface area contributed by atoms with Gasteiger partial charge in [0.1, 0.15) is 0 Å². The molecule has 0 aliphatic heterocycles. The lowest BCUT2D eigenvalue weighted by Crippen LogP contribution is -2.23. The van der Waals surface area contributed by atoms with Crippen LogP contribution in [0.3, 0.4) is 0 Å². The first-order chi connectivity index (χ1) is 5.83. The van der Waals surface area contributed by atoms with Crippen molar-refractivity contribution in [2.45, 2.75) is 13.3 Å². The average Bonchev–Trinajstić information content (AvgIpc) is 2.53. The summed E-state index contributed by atoms with van der Waals surface area (Å²) in [4.78, 5) is 16.1. The highest BCUT2D eigenvalue weighted by Gasteiger charge is 2.03. The highest BCUT2D eigenvalue weighted by molar-refractivity contribution is 7.09. The summed E-state index contributed by atoms with van der Waals surface area (Å²) in [5, 5.41) is 3.00. The van der Waals surface area contributed by atoms with Crippen LogP contribution in [0.1, 0.15) is 11.8 Å². The molecular weight excluding hydrogens is 172 g/mol. The molecule has 0 amide bonds. The number of aromatic nitrogens is 1. The molecule has 1 aromatic heterocycles. The number of ketones is 1. The molecule has 0 radical (unpaired) electrons. The third kappa shape index (κ3) is 3.11.